The van der Waals surface area contributed by atoms with Crippen LogP contribution in [0.1, 0.15) is 11.1 Å². The number of aliphatic carboxylic acids is 1. The highest BCUT2D eigenvalue weighted by atomic mass is 16.6. The number of benzene rings is 1. The van der Waals surface area contributed by atoms with Gasteiger partial charge in [0, 0.05) is 12.6 Å². The van der Waals surface area contributed by atoms with E-state index in [2.05, 4.69) is 0 Å². The third-order valence-corrected chi connectivity index (χ3v) is 2.67. The first kappa shape index (κ1) is 12.2. The highest BCUT2D eigenvalue weighted by Gasteiger charge is 2.22. The summed E-state index contributed by atoms with van der Waals surface area (Å²) in [5.74, 6) is -0.995. The second-order valence-corrected chi connectivity index (χ2v) is 3.91. The smallest absolute Gasteiger partial charge is 0.410 e. The molecule has 1 amide bonds. The molecule has 1 heterocycles. The molecule has 1 aliphatic rings. The summed E-state index contributed by atoms with van der Waals surface area (Å²) in [6.07, 6.45) is 2.28. The molecule has 5 nitrogen and oxygen atoms in total. The molecule has 1 aromatic carbocycles. The third kappa shape index (κ3) is 2.88. The molecule has 0 atom stereocenters. The molecule has 94 valence electrons. The van der Waals surface area contributed by atoms with E-state index in [0.29, 0.717) is 19.7 Å². The lowest BCUT2D eigenvalue weighted by Crippen LogP contribution is -2.23. The molecule has 0 radical (unpaired) electrons. The number of amides is 1. The van der Waals surface area contributed by atoms with Crippen molar-refractivity contribution >= 4 is 18.1 Å². The molecule has 0 spiro atoms. The first-order valence-electron chi connectivity index (χ1n) is 5.57. The second-order valence-electron chi connectivity index (χ2n) is 3.91. The number of rotatable bonds is 4. The van der Waals surface area contributed by atoms with Gasteiger partial charge in [-0.2, -0.15) is 0 Å². The van der Waals surface area contributed by atoms with E-state index in [1.807, 2.05) is 24.3 Å². The van der Waals surface area contributed by atoms with Gasteiger partial charge in [0.25, 0.3) is 0 Å². The molecule has 0 bridgehead atoms. The Bertz CT molecular complexity index is 496. The van der Waals surface area contributed by atoms with Crippen LogP contribution in [0.4, 0.5) is 4.79 Å². The number of hydrogen-bond donors (Lipinski definition) is 1. The van der Waals surface area contributed by atoms with Gasteiger partial charge in [-0.05, 0) is 17.2 Å². The van der Waals surface area contributed by atoms with Gasteiger partial charge in [-0.3, -0.25) is 0 Å². The van der Waals surface area contributed by atoms with E-state index in [9.17, 15) is 9.59 Å². The number of nitrogens with zero attached hydrogens (tertiary/aromatic N) is 1. The second kappa shape index (κ2) is 5.35. The van der Waals surface area contributed by atoms with Gasteiger partial charge in [0.05, 0.1) is 6.54 Å². The summed E-state index contributed by atoms with van der Waals surface area (Å²) in [5.41, 5.74) is 1.69. The van der Waals surface area contributed by atoms with Crippen LogP contribution in [0.3, 0.4) is 0 Å². The zero-order chi connectivity index (χ0) is 13.0. The van der Waals surface area contributed by atoms with Gasteiger partial charge >= 0.3 is 12.1 Å². The average molecular weight is 247 g/mol. The molecular formula is C13H13NO4. The Kier molecular flexibility index (Phi) is 3.62. The predicted molar refractivity (Wildman–Crippen MR) is 64.9 cm³/mol. The van der Waals surface area contributed by atoms with E-state index in [1.165, 1.54) is 6.08 Å². The predicted octanol–water partition coefficient (Wildman–Crippen LogP) is 1.74. The first-order valence-corrected chi connectivity index (χ1v) is 5.57. The van der Waals surface area contributed by atoms with Crippen LogP contribution >= 0.6 is 0 Å². The van der Waals surface area contributed by atoms with Crippen molar-refractivity contribution in [2.24, 2.45) is 0 Å². The SMILES string of the molecule is O=C(O)C=Cc1ccccc1CN1CCOC1=O. The summed E-state index contributed by atoms with van der Waals surface area (Å²) in [7, 11) is 0. The van der Waals surface area contributed by atoms with Crippen molar-refractivity contribution in [2.75, 3.05) is 13.2 Å². The quantitative estimate of drug-likeness (QED) is 0.823. The van der Waals surface area contributed by atoms with E-state index in [4.69, 9.17) is 9.84 Å². The molecule has 5 heteroatoms. The van der Waals surface area contributed by atoms with Gasteiger partial charge in [-0.1, -0.05) is 24.3 Å². The molecule has 1 saturated heterocycles. The van der Waals surface area contributed by atoms with Crippen LogP contribution in [-0.4, -0.2) is 35.2 Å². The maximum Gasteiger partial charge on any atom is 0.410 e. The Hall–Kier alpha value is -2.30. The zero-order valence-corrected chi connectivity index (χ0v) is 9.70. The van der Waals surface area contributed by atoms with Crippen LogP contribution in [0, 0.1) is 0 Å². The van der Waals surface area contributed by atoms with Crippen LogP contribution in [0.2, 0.25) is 0 Å². The van der Waals surface area contributed by atoms with Crippen LogP contribution in [0.15, 0.2) is 30.3 Å². The maximum atomic E-state index is 11.3. The molecule has 1 aliphatic heterocycles. The first-order chi connectivity index (χ1) is 8.66. The number of carboxylic acid groups (broad SMARTS) is 1. The Balaban J connectivity index is 2.16. The van der Waals surface area contributed by atoms with Gasteiger partial charge < -0.3 is 14.7 Å². The number of ether oxygens (including phenoxy) is 1. The molecule has 2 rings (SSSR count). The molecule has 0 aliphatic carbocycles. The van der Waals surface area contributed by atoms with Crippen molar-refractivity contribution in [3.8, 4) is 0 Å². The van der Waals surface area contributed by atoms with Crippen LogP contribution in [0.25, 0.3) is 6.08 Å². The lowest BCUT2D eigenvalue weighted by Gasteiger charge is -2.14. The summed E-state index contributed by atoms with van der Waals surface area (Å²) in [6.45, 7) is 1.40. The fourth-order valence-corrected chi connectivity index (χ4v) is 1.78. The fraction of sp³-hybridized carbons (Fsp3) is 0.231. The van der Waals surface area contributed by atoms with Crippen molar-refractivity contribution in [1.29, 1.82) is 0 Å². The number of carbonyl (C=O) groups is 2. The maximum absolute atomic E-state index is 11.3. The highest BCUT2D eigenvalue weighted by molar-refractivity contribution is 5.85. The molecule has 18 heavy (non-hydrogen) atoms. The van der Waals surface area contributed by atoms with Gasteiger partial charge in [-0.15, -0.1) is 0 Å². The zero-order valence-electron chi connectivity index (χ0n) is 9.70. The monoisotopic (exact) mass is 247 g/mol. The molecule has 1 aromatic rings. The van der Waals surface area contributed by atoms with Crippen molar-refractivity contribution in [3.05, 3.63) is 41.5 Å². The van der Waals surface area contributed by atoms with Gasteiger partial charge in [-0.25, -0.2) is 9.59 Å². The minimum atomic E-state index is -0.995. The average Bonchev–Trinajstić information content (AvgIpc) is 2.74. The Labute approximate surface area is 104 Å². The van der Waals surface area contributed by atoms with Crippen LogP contribution in [-0.2, 0) is 16.1 Å². The number of carboxylic acids is 1. The molecule has 1 fully saturated rings. The van der Waals surface area contributed by atoms with E-state index < -0.39 is 5.97 Å². The van der Waals surface area contributed by atoms with E-state index >= 15 is 0 Å². The molecule has 0 aromatic heterocycles. The fourth-order valence-electron chi connectivity index (χ4n) is 1.78. The third-order valence-electron chi connectivity index (χ3n) is 2.67. The lowest BCUT2D eigenvalue weighted by molar-refractivity contribution is -0.131. The standard InChI is InChI=1S/C13H13NO4/c15-12(16)6-5-10-3-1-2-4-11(10)9-14-7-8-18-13(14)17/h1-6H,7-9H2,(H,15,16). The molecular weight excluding hydrogens is 234 g/mol. The van der Waals surface area contributed by atoms with Gasteiger partial charge in [0.1, 0.15) is 6.61 Å². The minimum absolute atomic E-state index is 0.327. The number of cyclic esters (lactones) is 1. The Morgan fingerprint density at radius 2 is 2.22 bits per heavy atom. The van der Waals surface area contributed by atoms with Gasteiger partial charge in [0.2, 0.25) is 0 Å². The van der Waals surface area contributed by atoms with E-state index in [0.717, 1.165) is 17.2 Å². The van der Waals surface area contributed by atoms with Crippen molar-refractivity contribution in [1.82, 2.24) is 4.90 Å². The summed E-state index contributed by atoms with van der Waals surface area (Å²) >= 11 is 0. The van der Waals surface area contributed by atoms with Crippen LogP contribution < -0.4 is 0 Å². The van der Waals surface area contributed by atoms with Gasteiger partial charge in [0.15, 0.2) is 0 Å². The van der Waals surface area contributed by atoms with Crippen LogP contribution in [0.5, 0.6) is 0 Å². The summed E-state index contributed by atoms with van der Waals surface area (Å²) < 4.78 is 4.85. The molecule has 1 N–H and O–H groups in total. The highest BCUT2D eigenvalue weighted by Crippen LogP contribution is 2.16. The Morgan fingerprint density at radius 3 is 2.89 bits per heavy atom. The normalized spacial score (nSPS) is 15.1. The topological polar surface area (TPSA) is 66.8 Å². The lowest BCUT2D eigenvalue weighted by atomic mass is 10.1. The summed E-state index contributed by atoms with van der Waals surface area (Å²) in [5, 5.41) is 8.62. The largest absolute Gasteiger partial charge is 0.478 e. The number of hydrogen-bond acceptors (Lipinski definition) is 3. The number of carbonyl (C=O) groups excluding carboxylic acids is 1. The Morgan fingerprint density at radius 1 is 1.44 bits per heavy atom. The summed E-state index contributed by atoms with van der Waals surface area (Å²) in [4.78, 5) is 23.4. The summed E-state index contributed by atoms with van der Waals surface area (Å²) in [6, 6.07) is 7.37. The van der Waals surface area contributed by atoms with Crippen molar-refractivity contribution in [2.45, 2.75) is 6.54 Å². The van der Waals surface area contributed by atoms with E-state index in [1.54, 1.807) is 4.90 Å². The molecule has 0 saturated carbocycles. The van der Waals surface area contributed by atoms with E-state index in [-0.39, 0.29) is 6.09 Å². The van der Waals surface area contributed by atoms with Crippen molar-refractivity contribution in [3.63, 3.8) is 0 Å². The molecule has 0 unspecified atom stereocenters. The minimum Gasteiger partial charge on any atom is -0.478 e. The van der Waals surface area contributed by atoms with Crippen molar-refractivity contribution < 1.29 is 19.4 Å².